The van der Waals surface area contributed by atoms with Crippen molar-refractivity contribution in [1.29, 1.82) is 0 Å². The predicted molar refractivity (Wildman–Crippen MR) is 95.0 cm³/mol. The number of hydrogen-bond donors (Lipinski definition) is 2. The molecule has 26 heavy (non-hydrogen) atoms. The Labute approximate surface area is 151 Å². The average molecular weight is 381 g/mol. The van der Waals surface area contributed by atoms with Gasteiger partial charge in [-0.1, -0.05) is 6.07 Å². The maximum atomic E-state index is 12.7. The molecule has 0 bridgehead atoms. The molecule has 2 rings (SSSR count). The van der Waals surface area contributed by atoms with Gasteiger partial charge in [0, 0.05) is 12.1 Å². The normalized spacial score (nSPS) is 10.9. The zero-order valence-electron chi connectivity index (χ0n) is 14.7. The molecule has 0 aromatic heterocycles. The second-order valence-electron chi connectivity index (χ2n) is 5.30. The van der Waals surface area contributed by atoms with Crippen molar-refractivity contribution in [3.05, 3.63) is 41.5 Å². The Morgan fingerprint density at radius 2 is 1.58 bits per heavy atom. The third-order valence-corrected chi connectivity index (χ3v) is 5.16. The lowest BCUT2D eigenvalue weighted by molar-refractivity contribution is 0.0696. The number of rotatable bonds is 7. The van der Waals surface area contributed by atoms with Crippen molar-refractivity contribution >= 4 is 21.7 Å². The van der Waals surface area contributed by atoms with Crippen LogP contribution in [0.2, 0.25) is 0 Å². The number of carboxylic acids is 1. The van der Waals surface area contributed by atoms with Crippen molar-refractivity contribution in [3.8, 4) is 17.2 Å². The first kappa shape index (κ1) is 19.4. The molecule has 0 spiro atoms. The van der Waals surface area contributed by atoms with Gasteiger partial charge < -0.3 is 19.3 Å². The van der Waals surface area contributed by atoms with Crippen molar-refractivity contribution in [3.63, 3.8) is 0 Å². The fourth-order valence-electron chi connectivity index (χ4n) is 2.37. The largest absolute Gasteiger partial charge is 0.493 e. The van der Waals surface area contributed by atoms with Gasteiger partial charge in [-0.15, -0.1) is 0 Å². The monoisotopic (exact) mass is 381 g/mol. The Balaban J connectivity index is 2.50. The van der Waals surface area contributed by atoms with Gasteiger partial charge in [-0.25, -0.2) is 13.2 Å². The molecule has 2 aromatic rings. The molecule has 0 unspecified atom stereocenters. The van der Waals surface area contributed by atoms with Crippen LogP contribution in [0.15, 0.2) is 35.2 Å². The first-order valence-electron chi connectivity index (χ1n) is 7.40. The van der Waals surface area contributed by atoms with Crippen LogP contribution in [-0.4, -0.2) is 40.8 Å². The van der Waals surface area contributed by atoms with E-state index in [-0.39, 0.29) is 27.6 Å². The van der Waals surface area contributed by atoms with E-state index < -0.39 is 16.0 Å². The van der Waals surface area contributed by atoms with Crippen molar-refractivity contribution in [2.24, 2.45) is 0 Å². The summed E-state index contributed by atoms with van der Waals surface area (Å²) in [5, 5.41) is 9.09. The Morgan fingerprint density at radius 3 is 2.04 bits per heavy atom. The molecule has 0 heterocycles. The number of sulfonamides is 1. The number of aromatic carboxylic acids is 1. The van der Waals surface area contributed by atoms with E-state index in [1.165, 1.54) is 45.6 Å². The highest BCUT2D eigenvalue weighted by Crippen LogP contribution is 2.40. The standard InChI is InChI=1S/C17H19NO7S/c1-10-5-6-11(17(19)20)7-15(10)26(21,22)18-12-8-13(23-2)16(25-4)14(9-12)24-3/h5-9,18H,1-4H3,(H,19,20). The zero-order chi connectivity index (χ0) is 19.5. The summed E-state index contributed by atoms with van der Waals surface area (Å²) in [5.74, 6) is -0.336. The molecule has 8 nitrogen and oxygen atoms in total. The summed E-state index contributed by atoms with van der Waals surface area (Å²) in [4.78, 5) is 11.0. The zero-order valence-corrected chi connectivity index (χ0v) is 15.5. The number of ether oxygens (including phenoxy) is 3. The molecule has 0 aliphatic rings. The molecule has 0 atom stereocenters. The van der Waals surface area contributed by atoms with E-state index in [1.54, 1.807) is 6.92 Å². The van der Waals surface area contributed by atoms with E-state index in [2.05, 4.69) is 4.72 Å². The summed E-state index contributed by atoms with van der Waals surface area (Å²) in [7, 11) is 0.226. The molecule has 0 radical (unpaired) electrons. The van der Waals surface area contributed by atoms with Crippen molar-refractivity contribution in [2.45, 2.75) is 11.8 Å². The summed E-state index contributed by atoms with van der Waals surface area (Å²) in [6, 6.07) is 6.77. The molecule has 0 saturated carbocycles. The van der Waals surface area contributed by atoms with Gasteiger partial charge in [0.15, 0.2) is 11.5 Å². The van der Waals surface area contributed by atoms with Gasteiger partial charge >= 0.3 is 5.97 Å². The van der Waals surface area contributed by atoms with E-state index in [1.807, 2.05) is 0 Å². The first-order chi connectivity index (χ1) is 12.2. The SMILES string of the molecule is COc1cc(NS(=O)(=O)c2cc(C(=O)O)ccc2C)cc(OC)c1OC. The maximum Gasteiger partial charge on any atom is 0.335 e. The highest BCUT2D eigenvalue weighted by molar-refractivity contribution is 7.92. The fraction of sp³-hybridized carbons (Fsp3) is 0.235. The van der Waals surface area contributed by atoms with Crippen LogP contribution in [-0.2, 0) is 10.0 Å². The van der Waals surface area contributed by atoms with Crippen molar-refractivity contribution in [1.82, 2.24) is 0 Å². The number of aryl methyl sites for hydroxylation is 1. The molecule has 2 N–H and O–H groups in total. The minimum absolute atomic E-state index is 0.124. The van der Waals surface area contributed by atoms with Gasteiger partial charge in [-0.05, 0) is 24.6 Å². The summed E-state index contributed by atoms with van der Waals surface area (Å²) >= 11 is 0. The molecule has 0 fully saturated rings. The number of carbonyl (C=O) groups is 1. The van der Waals surface area contributed by atoms with Gasteiger partial charge in [0.2, 0.25) is 5.75 Å². The summed E-state index contributed by atoms with van der Waals surface area (Å²) in [6.45, 7) is 1.58. The summed E-state index contributed by atoms with van der Waals surface area (Å²) in [5.41, 5.74) is 0.468. The lowest BCUT2D eigenvalue weighted by Gasteiger charge is -2.16. The topological polar surface area (TPSA) is 111 Å². The van der Waals surface area contributed by atoms with E-state index in [4.69, 9.17) is 19.3 Å². The lowest BCUT2D eigenvalue weighted by Crippen LogP contribution is -2.15. The van der Waals surface area contributed by atoms with E-state index in [0.29, 0.717) is 11.3 Å². The van der Waals surface area contributed by atoms with E-state index in [9.17, 15) is 13.2 Å². The minimum atomic E-state index is -4.03. The van der Waals surface area contributed by atoms with Gasteiger partial charge in [0.05, 0.1) is 37.5 Å². The van der Waals surface area contributed by atoms with Gasteiger partial charge in [-0.3, -0.25) is 4.72 Å². The van der Waals surface area contributed by atoms with E-state index >= 15 is 0 Å². The number of anilines is 1. The Bertz CT molecular complexity index is 913. The number of nitrogens with one attached hydrogen (secondary N) is 1. The molecule has 0 saturated heterocycles. The Kier molecular flexibility index (Phi) is 5.61. The van der Waals surface area contributed by atoms with Crippen LogP contribution < -0.4 is 18.9 Å². The second kappa shape index (κ2) is 7.52. The van der Waals surface area contributed by atoms with Crippen molar-refractivity contribution < 1.29 is 32.5 Å². The fourth-order valence-corrected chi connectivity index (χ4v) is 3.68. The minimum Gasteiger partial charge on any atom is -0.493 e. The Morgan fingerprint density at radius 1 is 1.00 bits per heavy atom. The Hall–Kier alpha value is -2.94. The number of methoxy groups -OCH3 is 3. The van der Waals surface area contributed by atoms with Gasteiger partial charge in [0.25, 0.3) is 10.0 Å². The number of benzene rings is 2. The summed E-state index contributed by atoms with van der Waals surface area (Å²) in [6.07, 6.45) is 0. The van der Waals surface area contributed by atoms with E-state index in [0.717, 1.165) is 6.07 Å². The van der Waals surface area contributed by atoms with Crippen LogP contribution >= 0.6 is 0 Å². The first-order valence-corrected chi connectivity index (χ1v) is 8.88. The average Bonchev–Trinajstić information content (AvgIpc) is 2.60. The van der Waals surface area contributed by atoms with Crippen LogP contribution in [0.4, 0.5) is 5.69 Å². The quantitative estimate of drug-likeness (QED) is 0.758. The molecule has 140 valence electrons. The lowest BCUT2D eigenvalue weighted by atomic mass is 10.1. The predicted octanol–water partition coefficient (Wildman–Crippen LogP) is 2.52. The number of carboxylic acid groups (broad SMARTS) is 1. The smallest absolute Gasteiger partial charge is 0.335 e. The highest BCUT2D eigenvalue weighted by atomic mass is 32.2. The third-order valence-electron chi connectivity index (χ3n) is 3.64. The van der Waals surface area contributed by atoms with Crippen molar-refractivity contribution in [2.75, 3.05) is 26.1 Å². The highest BCUT2D eigenvalue weighted by Gasteiger charge is 2.21. The van der Waals surface area contributed by atoms with Gasteiger partial charge in [0.1, 0.15) is 0 Å². The number of hydrogen-bond acceptors (Lipinski definition) is 6. The van der Waals surface area contributed by atoms with Crippen LogP contribution in [0.5, 0.6) is 17.2 Å². The second-order valence-corrected chi connectivity index (χ2v) is 6.96. The third kappa shape index (κ3) is 3.83. The van der Waals surface area contributed by atoms with Crippen LogP contribution in [0, 0.1) is 6.92 Å². The van der Waals surface area contributed by atoms with Crippen LogP contribution in [0.1, 0.15) is 15.9 Å². The van der Waals surface area contributed by atoms with Crippen LogP contribution in [0.3, 0.4) is 0 Å². The molecule has 0 amide bonds. The summed E-state index contributed by atoms with van der Waals surface area (Å²) < 4.78 is 43.5. The molecule has 0 aliphatic carbocycles. The maximum absolute atomic E-state index is 12.7. The molecule has 0 aliphatic heterocycles. The molecule has 2 aromatic carbocycles. The molecular weight excluding hydrogens is 362 g/mol. The van der Waals surface area contributed by atoms with Crippen LogP contribution in [0.25, 0.3) is 0 Å². The molecule has 9 heteroatoms. The molecular formula is C17H19NO7S. The van der Waals surface area contributed by atoms with Gasteiger partial charge in [-0.2, -0.15) is 0 Å².